The monoisotopic (exact) mass is 363 g/mol. The summed E-state index contributed by atoms with van der Waals surface area (Å²) < 4.78 is 29.9. The standard InChI is InChI=1S/C14H22BrNO3S/c1-10(2)8-14(3,16)9-19-12-6-5-11(15)7-13(12)20(4,17)18/h5-7,10H,8-9,16H2,1-4H3/t14-/m0/s1. The predicted molar refractivity (Wildman–Crippen MR) is 84.8 cm³/mol. The molecule has 1 aromatic rings. The first-order valence-corrected chi connectivity index (χ1v) is 9.11. The molecule has 0 saturated carbocycles. The third kappa shape index (κ3) is 5.42. The van der Waals surface area contributed by atoms with Crippen LogP contribution in [0.5, 0.6) is 5.75 Å². The molecular weight excluding hydrogens is 342 g/mol. The van der Waals surface area contributed by atoms with Crippen LogP contribution in [0.1, 0.15) is 27.2 Å². The molecule has 0 radical (unpaired) electrons. The maximum Gasteiger partial charge on any atom is 0.179 e. The molecule has 4 nitrogen and oxygen atoms in total. The largest absolute Gasteiger partial charge is 0.490 e. The van der Waals surface area contributed by atoms with Crippen LogP contribution >= 0.6 is 15.9 Å². The Morgan fingerprint density at radius 2 is 2.00 bits per heavy atom. The summed E-state index contributed by atoms with van der Waals surface area (Å²) in [5, 5.41) is 0. The van der Waals surface area contributed by atoms with Crippen LogP contribution in [-0.2, 0) is 9.84 Å². The predicted octanol–water partition coefficient (Wildman–Crippen LogP) is 2.99. The molecule has 0 amide bonds. The summed E-state index contributed by atoms with van der Waals surface area (Å²) in [6.45, 7) is 6.36. The Bertz CT molecular complexity index is 568. The van der Waals surface area contributed by atoms with Crippen molar-refractivity contribution in [3.8, 4) is 5.75 Å². The molecule has 0 bridgehead atoms. The summed E-state index contributed by atoms with van der Waals surface area (Å²) in [5.41, 5.74) is 5.68. The lowest BCUT2D eigenvalue weighted by molar-refractivity contribution is 0.203. The lowest BCUT2D eigenvalue weighted by Crippen LogP contribution is -2.43. The van der Waals surface area contributed by atoms with Crippen LogP contribution in [0.25, 0.3) is 0 Å². The minimum Gasteiger partial charge on any atom is -0.490 e. The van der Waals surface area contributed by atoms with E-state index in [0.717, 1.165) is 12.7 Å². The first-order chi connectivity index (χ1) is 9.01. The van der Waals surface area contributed by atoms with Gasteiger partial charge in [-0.25, -0.2) is 8.42 Å². The average Bonchev–Trinajstić information content (AvgIpc) is 2.24. The molecule has 0 unspecified atom stereocenters. The smallest absolute Gasteiger partial charge is 0.179 e. The molecule has 0 heterocycles. The van der Waals surface area contributed by atoms with Gasteiger partial charge >= 0.3 is 0 Å². The fourth-order valence-corrected chi connectivity index (χ4v) is 3.47. The van der Waals surface area contributed by atoms with Crippen LogP contribution in [0.3, 0.4) is 0 Å². The van der Waals surface area contributed by atoms with Crippen LogP contribution in [0.4, 0.5) is 0 Å². The first kappa shape index (κ1) is 17.5. The number of rotatable bonds is 6. The highest BCUT2D eigenvalue weighted by molar-refractivity contribution is 9.10. The Labute approximate surface area is 129 Å². The summed E-state index contributed by atoms with van der Waals surface area (Å²) in [4.78, 5) is 0.173. The number of hydrogen-bond donors (Lipinski definition) is 1. The van der Waals surface area contributed by atoms with Crippen molar-refractivity contribution in [1.29, 1.82) is 0 Å². The third-order valence-electron chi connectivity index (χ3n) is 2.74. The highest BCUT2D eigenvalue weighted by Gasteiger charge is 2.23. The molecule has 0 aliphatic carbocycles. The number of halogens is 1. The minimum absolute atomic E-state index is 0.173. The molecule has 1 atom stereocenters. The van der Waals surface area contributed by atoms with Gasteiger partial charge in [-0.2, -0.15) is 0 Å². The lowest BCUT2D eigenvalue weighted by Gasteiger charge is -2.27. The average molecular weight is 364 g/mol. The van der Waals surface area contributed by atoms with Crippen molar-refractivity contribution in [3.05, 3.63) is 22.7 Å². The van der Waals surface area contributed by atoms with Crippen molar-refractivity contribution in [1.82, 2.24) is 0 Å². The van der Waals surface area contributed by atoms with Crippen molar-refractivity contribution in [3.63, 3.8) is 0 Å². The van der Waals surface area contributed by atoms with Gasteiger partial charge in [-0.1, -0.05) is 29.8 Å². The zero-order valence-corrected chi connectivity index (χ0v) is 14.7. The van der Waals surface area contributed by atoms with Crippen LogP contribution in [0.2, 0.25) is 0 Å². The number of hydrogen-bond acceptors (Lipinski definition) is 4. The molecule has 6 heteroatoms. The van der Waals surface area contributed by atoms with Crippen LogP contribution in [0.15, 0.2) is 27.6 Å². The molecule has 0 aliphatic rings. The maximum atomic E-state index is 11.8. The van der Waals surface area contributed by atoms with Gasteiger partial charge in [0, 0.05) is 16.3 Å². The molecular formula is C14H22BrNO3S. The fraction of sp³-hybridized carbons (Fsp3) is 0.571. The molecule has 0 saturated heterocycles. The fourth-order valence-electron chi connectivity index (χ4n) is 2.13. The quantitative estimate of drug-likeness (QED) is 0.843. The first-order valence-electron chi connectivity index (χ1n) is 6.42. The van der Waals surface area contributed by atoms with E-state index >= 15 is 0 Å². The molecule has 2 N–H and O–H groups in total. The Balaban J connectivity index is 2.94. The van der Waals surface area contributed by atoms with Crippen molar-refractivity contribution >= 4 is 25.8 Å². The van der Waals surface area contributed by atoms with Gasteiger partial charge in [0.25, 0.3) is 0 Å². The van der Waals surface area contributed by atoms with E-state index in [1.54, 1.807) is 18.2 Å². The van der Waals surface area contributed by atoms with Crippen LogP contribution in [0, 0.1) is 5.92 Å². The summed E-state index contributed by atoms with van der Waals surface area (Å²) in [7, 11) is -3.34. The van der Waals surface area contributed by atoms with Crippen LogP contribution < -0.4 is 10.5 Å². The van der Waals surface area contributed by atoms with Crippen molar-refractivity contribution in [2.75, 3.05) is 12.9 Å². The molecule has 114 valence electrons. The summed E-state index contributed by atoms with van der Waals surface area (Å²) in [5.74, 6) is 0.795. The van der Waals surface area contributed by atoms with E-state index in [9.17, 15) is 8.42 Å². The maximum absolute atomic E-state index is 11.8. The highest BCUT2D eigenvalue weighted by atomic mass is 79.9. The number of sulfone groups is 1. The third-order valence-corrected chi connectivity index (χ3v) is 4.35. The molecule has 0 aliphatic heterocycles. The van der Waals surface area contributed by atoms with Crippen molar-refractivity contribution in [2.24, 2.45) is 11.7 Å². The minimum atomic E-state index is -3.34. The van der Waals surface area contributed by atoms with Crippen molar-refractivity contribution in [2.45, 2.75) is 37.6 Å². The van der Waals surface area contributed by atoms with E-state index in [2.05, 4.69) is 29.8 Å². The Morgan fingerprint density at radius 3 is 2.50 bits per heavy atom. The summed E-state index contributed by atoms with van der Waals surface area (Å²) in [6, 6.07) is 4.94. The van der Waals surface area contributed by atoms with Gasteiger partial charge < -0.3 is 10.5 Å². The molecule has 0 aromatic heterocycles. The van der Waals surface area contributed by atoms with Crippen molar-refractivity contribution < 1.29 is 13.2 Å². The Hall–Kier alpha value is -0.590. The van der Waals surface area contributed by atoms with Gasteiger partial charge in [0.1, 0.15) is 17.3 Å². The topological polar surface area (TPSA) is 69.4 Å². The molecule has 20 heavy (non-hydrogen) atoms. The van der Waals surface area contributed by atoms with Crippen LogP contribution in [-0.4, -0.2) is 26.8 Å². The zero-order valence-electron chi connectivity index (χ0n) is 12.3. The Morgan fingerprint density at radius 1 is 1.40 bits per heavy atom. The van der Waals surface area contributed by atoms with E-state index in [-0.39, 0.29) is 11.5 Å². The van der Waals surface area contributed by atoms with E-state index < -0.39 is 15.4 Å². The second kappa shape index (κ2) is 6.45. The normalized spacial score (nSPS) is 15.2. The van der Waals surface area contributed by atoms with Gasteiger partial charge in [0.15, 0.2) is 9.84 Å². The number of benzene rings is 1. The SMILES string of the molecule is CC(C)C[C@](C)(N)COc1ccc(Br)cc1S(C)(=O)=O. The van der Waals surface area contributed by atoms with Gasteiger partial charge in [0.05, 0.1) is 0 Å². The van der Waals surface area contributed by atoms with Gasteiger partial charge in [0.2, 0.25) is 0 Å². The van der Waals surface area contributed by atoms with Gasteiger partial charge in [-0.15, -0.1) is 0 Å². The van der Waals surface area contributed by atoms with E-state index in [4.69, 9.17) is 10.5 Å². The van der Waals surface area contributed by atoms with E-state index in [1.165, 1.54) is 0 Å². The molecule has 1 rings (SSSR count). The number of ether oxygens (including phenoxy) is 1. The molecule has 0 spiro atoms. The molecule has 1 aromatic carbocycles. The second-order valence-corrected chi connectivity index (χ2v) is 8.80. The zero-order chi connectivity index (χ0) is 15.6. The van der Waals surface area contributed by atoms with Gasteiger partial charge in [-0.05, 0) is 37.5 Å². The van der Waals surface area contributed by atoms with E-state index in [0.29, 0.717) is 16.1 Å². The van der Waals surface area contributed by atoms with E-state index in [1.807, 2.05) is 6.92 Å². The summed E-state index contributed by atoms with van der Waals surface area (Å²) >= 11 is 3.27. The Kier molecular flexibility index (Phi) is 5.63. The second-order valence-electron chi connectivity index (χ2n) is 5.90. The summed E-state index contributed by atoms with van der Waals surface area (Å²) in [6.07, 6.45) is 1.97. The van der Waals surface area contributed by atoms with Gasteiger partial charge in [-0.3, -0.25) is 0 Å². The number of nitrogens with two attached hydrogens (primary N) is 1. The molecule has 0 fully saturated rings. The highest BCUT2D eigenvalue weighted by Crippen LogP contribution is 2.28. The lowest BCUT2D eigenvalue weighted by atomic mass is 9.93.